The van der Waals surface area contributed by atoms with Crippen molar-refractivity contribution >= 4 is 15.9 Å². The van der Waals surface area contributed by atoms with E-state index in [0.717, 1.165) is 11.8 Å². The normalized spacial score (nSPS) is 23.5. The van der Waals surface area contributed by atoms with Crippen LogP contribution in [0.3, 0.4) is 0 Å². The molecule has 1 aliphatic rings. The molecule has 152 valence electrons. The maximum absolute atomic E-state index is 12.7. The van der Waals surface area contributed by atoms with Gasteiger partial charge in [-0.1, -0.05) is 30.3 Å². The first-order valence-electron chi connectivity index (χ1n) is 9.16. The van der Waals surface area contributed by atoms with Gasteiger partial charge < -0.3 is 14.9 Å². The lowest BCUT2D eigenvalue weighted by molar-refractivity contribution is -0.135. The summed E-state index contributed by atoms with van der Waals surface area (Å²) in [4.78, 5) is 16.2. The zero-order chi connectivity index (χ0) is 20.4. The van der Waals surface area contributed by atoms with Crippen molar-refractivity contribution in [2.75, 3.05) is 40.0 Å². The molecule has 1 aromatic carbocycles. The number of rotatable bonds is 8. The highest BCUT2D eigenvalue weighted by molar-refractivity contribution is 7.88. The predicted molar refractivity (Wildman–Crippen MR) is 106 cm³/mol. The molecule has 0 aromatic heterocycles. The minimum absolute atomic E-state index is 0.0392. The number of aliphatic hydroxyl groups excluding tert-OH is 1. The topological polar surface area (TPSA) is 81.2 Å². The Balaban J connectivity index is 2.36. The Morgan fingerprint density at radius 2 is 1.78 bits per heavy atom. The number of hydrogen-bond donors (Lipinski definition) is 1. The Morgan fingerprint density at radius 1 is 1.19 bits per heavy atom. The lowest BCUT2D eigenvalue weighted by atomic mass is 9.77. The molecule has 3 atom stereocenters. The molecule has 0 bridgehead atoms. The van der Waals surface area contributed by atoms with Gasteiger partial charge in [0.25, 0.3) is 0 Å². The fourth-order valence-corrected chi connectivity index (χ4v) is 5.26. The van der Waals surface area contributed by atoms with Crippen molar-refractivity contribution < 1.29 is 18.3 Å². The van der Waals surface area contributed by atoms with Crippen molar-refractivity contribution in [3.8, 4) is 0 Å². The largest absolute Gasteiger partial charge is 0.395 e. The second kappa shape index (κ2) is 8.68. The fourth-order valence-electron chi connectivity index (χ4n) is 3.88. The van der Waals surface area contributed by atoms with Gasteiger partial charge in [0.2, 0.25) is 15.9 Å². The first-order chi connectivity index (χ1) is 12.6. The number of benzene rings is 1. The monoisotopic (exact) mass is 397 g/mol. The zero-order valence-corrected chi connectivity index (χ0v) is 17.6. The molecule has 1 aliphatic heterocycles. The average Bonchev–Trinajstić information content (AvgIpc) is 2.52. The van der Waals surface area contributed by atoms with E-state index in [1.54, 1.807) is 9.80 Å². The molecule has 0 aliphatic carbocycles. The number of carbonyl (C=O) groups is 1. The van der Waals surface area contributed by atoms with E-state index >= 15 is 0 Å². The van der Waals surface area contributed by atoms with Gasteiger partial charge in [-0.3, -0.25) is 4.79 Å². The molecule has 1 saturated heterocycles. The van der Waals surface area contributed by atoms with E-state index in [2.05, 4.69) is 0 Å². The summed E-state index contributed by atoms with van der Waals surface area (Å²) < 4.78 is 26.1. The highest BCUT2D eigenvalue weighted by Gasteiger charge is 2.53. The van der Waals surface area contributed by atoms with Gasteiger partial charge in [-0.15, -0.1) is 0 Å². The standard InChI is InChI=1S/C19H31N3O4S/c1-14(2)21(18(24)12-20(3)4)11-16-19(15-9-7-6-8-10-15)17(13-23)22(16)27(5,25)26/h6-10,14,16-17,19,23H,11-13H2,1-5H3/t16-,17+,19-/m0/s1. The first kappa shape index (κ1) is 21.8. The molecule has 0 unspecified atom stereocenters. The van der Waals surface area contributed by atoms with E-state index in [4.69, 9.17) is 0 Å². The second-order valence-electron chi connectivity index (χ2n) is 7.72. The summed E-state index contributed by atoms with van der Waals surface area (Å²) in [6, 6.07) is 8.65. The van der Waals surface area contributed by atoms with Gasteiger partial charge in [-0.2, -0.15) is 4.31 Å². The van der Waals surface area contributed by atoms with E-state index in [1.807, 2.05) is 58.3 Å². The van der Waals surface area contributed by atoms with E-state index in [9.17, 15) is 18.3 Å². The lowest BCUT2D eigenvalue weighted by Gasteiger charge is -2.54. The highest BCUT2D eigenvalue weighted by atomic mass is 32.2. The Labute approximate surface area is 162 Å². The molecule has 0 spiro atoms. The van der Waals surface area contributed by atoms with Gasteiger partial charge in [0, 0.05) is 18.5 Å². The third kappa shape index (κ3) is 4.87. The second-order valence-corrected chi connectivity index (χ2v) is 9.61. The van der Waals surface area contributed by atoms with Gasteiger partial charge >= 0.3 is 0 Å². The van der Waals surface area contributed by atoms with Crippen LogP contribution >= 0.6 is 0 Å². The maximum atomic E-state index is 12.7. The Bertz CT molecular complexity index is 737. The van der Waals surface area contributed by atoms with Crippen molar-refractivity contribution in [1.29, 1.82) is 0 Å². The van der Waals surface area contributed by atoms with Crippen LogP contribution in [0.2, 0.25) is 0 Å². The number of hydrogen-bond acceptors (Lipinski definition) is 5. The minimum atomic E-state index is -3.51. The van der Waals surface area contributed by atoms with Gasteiger partial charge in [-0.05, 0) is 33.5 Å². The molecule has 0 radical (unpaired) electrons. The fraction of sp³-hybridized carbons (Fsp3) is 0.632. The predicted octanol–water partition coefficient (Wildman–Crippen LogP) is 0.574. The SMILES string of the molecule is CC(C)N(C[C@H]1[C@H](c2ccccc2)[C@@H](CO)N1S(C)(=O)=O)C(=O)CN(C)C. The third-order valence-corrected chi connectivity index (χ3v) is 6.32. The summed E-state index contributed by atoms with van der Waals surface area (Å²) >= 11 is 0. The molecular weight excluding hydrogens is 366 g/mol. The number of sulfonamides is 1. The Kier molecular flexibility index (Phi) is 7.02. The number of aliphatic hydroxyl groups is 1. The van der Waals surface area contributed by atoms with Crippen molar-refractivity contribution in [3.63, 3.8) is 0 Å². The van der Waals surface area contributed by atoms with Crippen LogP contribution in [0, 0.1) is 0 Å². The molecule has 1 amide bonds. The van der Waals surface area contributed by atoms with Gasteiger partial charge in [0.15, 0.2) is 0 Å². The quantitative estimate of drug-likeness (QED) is 0.694. The van der Waals surface area contributed by atoms with Crippen LogP contribution in [-0.2, 0) is 14.8 Å². The maximum Gasteiger partial charge on any atom is 0.237 e. The number of nitrogens with zero attached hydrogens (tertiary/aromatic N) is 3. The van der Waals surface area contributed by atoms with Gasteiger partial charge in [-0.25, -0.2) is 8.42 Å². The van der Waals surface area contributed by atoms with Crippen LogP contribution in [0.25, 0.3) is 0 Å². The summed E-state index contributed by atoms with van der Waals surface area (Å²) in [5.74, 6) is -0.193. The van der Waals surface area contributed by atoms with Crippen LogP contribution in [0.4, 0.5) is 0 Å². The van der Waals surface area contributed by atoms with E-state index < -0.39 is 22.1 Å². The number of amides is 1. The molecule has 1 heterocycles. The summed E-state index contributed by atoms with van der Waals surface area (Å²) in [6.07, 6.45) is 1.16. The number of likely N-dealkylation sites (N-methyl/N-ethyl adjacent to an activating group) is 1. The molecule has 0 saturated carbocycles. The third-order valence-electron chi connectivity index (χ3n) is 5.02. The van der Waals surface area contributed by atoms with E-state index in [1.165, 1.54) is 4.31 Å². The van der Waals surface area contributed by atoms with E-state index in [-0.39, 0.29) is 31.0 Å². The average molecular weight is 398 g/mol. The summed E-state index contributed by atoms with van der Waals surface area (Å²) in [6.45, 7) is 4.17. The van der Waals surface area contributed by atoms with Crippen molar-refractivity contribution in [3.05, 3.63) is 35.9 Å². The van der Waals surface area contributed by atoms with Crippen molar-refractivity contribution in [2.24, 2.45) is 0 Å². The molecule has 1 N–H and O–H groups in total. The Hall–Kier alpha value is -1.48. The van der Waals surface area contributed by atoms with Crippen LogP contribution in [0.5, 0.6) is 0 Å². The first-order valence-corrected chi connectivity index (χ1v) is 11.0. The molecule has 1 fully saturated rings. The van der Waals surface area contributed by atoms with Crippen LogP contribution in [-0.4, -0.2) is 91.7 Å². The summed E-state index contributed by atoms with van der Waals surface area (Å²) in [7, 11) is 0.148. The zero-order valence-electron chi connectivity index (χ0n) is 16.7. The van der Waals surface area contributed by atoms with Crippen molar-refractivity contribution in [2.45, 2.75) is 37.9 Å². The molecule has 8 heteroatoms. The van der Waals surface area contributed by atoms with Crippen LogP contribution in [0.1, 0.15) is 25.3 Å². The highest BCUT2D eigenvalue weighted by Crippen LogP contribution is 2.42. The van der Waals surface area contributed by atoms with Gasteiger partial charge in [0.05, 0.1) is 31.5 Å². The lowest BCUT2D eigenvalue weighted by Crippen LogP contribution is -2.69. The molecule has 1 aromatic rings. The Morgan fingerprint density at radius 3 is 2.22 bits per heavy atom. The number of carbonyl (C=O) groups excluding carboxylic acids is 1. The van der Waals surface area contributed by atoms with E-state index in [0.29, 0.717) is 6.54 Å². The summed E-state index contributed by atoms with van der Waals surface area (Å²) in [5.41, 5.74) is 0.977. The van der Waals surface area contributed by atoms with Crippen LogP contribution in [0.15, 0.2) is 30.3 Å². The molecule has 27 heavy (non-hydrogen) atoms. The smallest absolute Gasteiger partial charge is 0.237 e. The van der Waals surface area contributed by atoms with Gasteiger partial charge in [0.1, 0.15) is 0 Å². The molecular formula is C19H31N3O4S. The minimum Gasteiger partial charge on any atom is -0.395 e. The molecule has 2 rings (SSSR count). The summed E-state index contributed by atoms with van der Waals surface area (Å²) in [5, 5.41) is 9.85. The van der Waals surface area contributed by atoms with Crippen molar-refractivity contribution in [1.82, 2.24) is 14.1 Å². The molecule has 7 nitrogen and oxygen atoms in total. The van der Waals surface area contributed by atoms with Crippen LogP contribution < -0.4 is 0 Å².